The molecule has 2 aromatic carbocycles. The summed E-state index contributed by atoms with van der Waals surface area (Å²) in [7, 11) is 0. The van der Waals surface area contributed by atoms with E-state index in [1.165, 1.54) is 0 Å². The highest BCUT2D eigenvalue weighted by atomic mass is 32.2. The van der Waals surface area contributed by atoms with Crippen LogP contribution in [0.5, 0.6) is 0 Å². The number of fused-ring (bicyclic) bond motifs is 3. The second-order valence-electron chi connectivity index (χ2n) is 8.90. The van der Waals surface area contributed by atoms with Gasteiger partial charge in [0.2, 0.25) is 0 Å². The highest BCUT2D eigenvalue weighted by Gasteiger charge is 2.34. The molecule has 1 aliphatic heterocycles. The van der Waals surface area contributed by atoms with Gasteiger partial charge in [0, 0.05) is 35.8 Å². The summed E-state index contributed by atoms with van der Waals surface area (Å²) in [5, 5.41) is 28.5. The lowest BCUT2D eigenvalue weighted by atomic mass is 9.75. The topological polar surface area (TPSA) is 101 Å². The van der Waals surface area contributed by atoms with Crippen LogP contribution in [0, 0.1) is 11.3 Å². The van der Waals surface area contributed by atoms with Crippen LogP contribution < -0.4 is 0 Å². The summed E-state index contributed by atoms with van der Waals surface area (Å²) < 4.78 is 7.56. The predicted octanol–water partition coefficient (Wildman–Crippen LogP) is 5.40. The first-order valence-corrected chi connectivity index (χ1v) is 12.7. The van der Waals surface area contributed by atoms with Gasteiger partial charge in [-0.2, -0.15) is 5.26 Å². The molecule has 3 heterocycles. The Bertz CT molecular complexity index is 1420. The van der Waals surface area contributed by atoms with Gasteiger partial charge in [0.15, 0.2) is 5.65 Å². The number of ether oxygens (including phenoxy) is 1. The summed E-state index contributed by atoms with van der Waals surface area (Å²) in [4.78, 5) is 13.0. The van der Waals surface area contributed by atoms with Gasteiger partial charge in [0.25, 0.3) is 0 Å². The van der Waals surface area contributed by atoms with Gasteiger partial charge in [-0.15, -0.1) is 10.2 Å². The van der Waals surface area contributed by atoms with E-state index in [2.05, 4.69) is 63.1 Å². The zero-order chi connectivity index (χ0) is 24.3. The van der Waals surface area contributed by atoms with Crippen LogP contribution in [-0.4, -0.2) is 38.9 Å². The van der Waals surface area contributed by atoms with Crippen molar-refractivity contribution in [3.63, 3.8) is 0 Å². The number of nitriles is 1. The smallest absolute Gasteiger partial charge is 0.303 e. The van der Waals surface area contributed by atoms with E-state index >= 15 is 0 Å². The summed E-state index contributed by atoms with van der Waals surface area (Å²) >= 11 is 1.68. The Kier molecular flexibility index (Phi) is 6.71. The second kappa shape index (κ2) is 10.1. The van der Waals surface area contributed by atoms with E-state index in [4.69, 9.17) is 9.84 Å². The lowest BCUT2D eigenvalue weighted by Gasteiger charge is -2.31. The zero-order valence-electron chi connectivity index (χ0n) is 19.3. The number of aryl methyl sites for hydroxylation is 1. The van der Waals surface area contributed by atoms with Crippen LogP contribution in [0.25, 0.3) is 16.6 Å². The standard InChI is InChI=1S/C27H26N4O3S/c28-18-27(12-14-34-15-13-27)20-4-3-5-21(17-20)35-22-9-10-23-19(16-22)8-11-25-30-29-24(31(23)25)6-1-2-7-26(32)33/h3-5,8-11,16-17H,1-2,6-7,12-15H2,(H,32,33). The quantitative estimate of drug-likeness (QED) is 0.333. The zero-order valence-corrected chi connectivity index (χ0v) is 20.1. The normalized spacial score (nSPS) is 15.3. The van der Waals surface area contributed by atoms with Crippen molar-refractivity contribution in [3.8, 4) is 6.07 Å². The Morgan fingerprint density at radius 1 is 1.09 bits per heavy atom. The van der Waals surface area contributed by atoms with E-state index in [0.29, 0.717) is 26.1 Å². The lowest BCUT2D eigenvalue weighted by molar-refractivity contribution is -0.137. The van der Waals surface area contributed by atoms with Crippen LogP contribution in [0.3, 0.4) is 0 Å². The molecule has 35 heavy (non-hydrogen) atoms. The summed E-state index contributed by atoms with van der Waals surface area (Å²) in [6, 6.07) is 21.2. The minimum absolute atomic E-state index is 0.169. The number of benzene rings is 2. The van der Waals surface area contributed by atoms with Crippen molar-refractivity contribution in [2.75, 3.05) is 13.2 Å². The van der Waals surface area contributed by atoms with Crippen molar-refractivity contribution in [2.24, 2.45) is 0 Å². The van der Waals surface area contributed by atoms with Crippen LogP contribution >= 0.6 is 11.8 Å². The van der Waals surface area contributed by atoms with Gasteiger partial charge in [-0.25, -0.2) is 0 Å². The Morgan fingerprint density at radius 2 is 1.91 bits per heavy atom. The molecular weight excluding hydrogens is 460 g/mol. The molecule has 1 N–H and O–H groups in total. The molecular formula is C27H26N4O3S. The fraction of sp³-hybridized carbons (Fsp3) is 0.333. The average molecular weight is 487 g/mol. The van der Waals surface area contributed by atoms with Gasteiger partial charge in [0.05, 0.1) is 17.0 Å². The molecule has 0 radical (unpaired) electrons. The number of carboxylic acids is 1. The Labute approximate surface area is 207 Å². The molecule has 5 rings (SSSR count). The van der Waals surface area contributed by atoms with E-state index in [0.717, 1.165) is 57.0 Å². The Balaban J connectivity index is 1.39. The molecule has 7 nitrogen and oxygen atoms in total. The second-order valence-corrected chi connectivity index (χ2v) is 10.0. The van der Waals surface area contributed by atoms with Crippen molar-refractivity contribution in [3.05, 3.63) is 66.0 Å². The molecule has 0 aliphatic carbocycles. The third kappa shape index (κ3) is 4.88. The summed E-state index contributed by atoms with van der Waals surface area (Å²) in [6.45, 7) is 1.24. The number of aromatic nitrogens is 3. The van der Waals surface area contributed by atoms with Gasteiger partial charge in [-0.1, -0.05) is 23.9 Å². The summed E-state index contributed by atoms with van der Waals surface area (Å²) in [6.07, 6.45) is 3.67. The minimum atomic E-state index is -0.771. The maximum Gasteiger partial charge on any atom is 0.303 e. The van der Waals surface area contributed by atoms with E-state index < -0.39 is 11.4 Å². The number of carbonyl (C=O) groups is 1. The third-order valence-corrected chi connectivity index (χ3v) is 7.61. The number of rotatable bonds is 8. The monoisotopic (exact) mass is 486 g/mol. The Morgan fingerprint density at radius 3 is 2.71 bits per heavy atom. The first-order chi connectivity index (χ1) is 17.1. The molecule has 178 valence electrons. The largest absolute Gasteiger partial charge is 0.481 e. The van der Waals surface area contributed by atoms with Gasteiger partial charge < -0.3 is 9.84 Å². The number of hydrogen-bond donors (Lipinski definition) is 1. The van der Waals surface area contributed by atoms with Gasteiger partial charge in [-0.05, 0) is 79.1 Å². The fourth-order valence-electron chi connectivity index (χ4n) is 4.70. The molecule has 1 fully saturated rings. The molecule has 0 atom stereocenters. The molecule has 0 amide bonds. The van der Waals surface area contributed by atoms with Gasteiger partial charge in [0.1, 0.15) is 5.82 Å². The molecule has 2 aromatic heterocycles. The first-order valence-electron chi connectivity index (χ1n) is 11.8. The number of aliphatic carboxylic acids is 1. The van der Waals surface area contributed by atoms with Crippen LogP contribution in [0.1, 0.15) is 43.5 Å². The van der Waals surface area contributed by atoms with Crippen molar-refractivity contribution >= 4 is 34.3 Å². The van der Waals surface area contributed by atoms with Crippen LogP contribution in [-0.2, 0) is 21.4 Å². The average Bonchev–Trinajstić information content (AvgIpc) is 3.30. The number of carboxylic acid groups (broad SMARTS) is 1. The fourth-order valence-corrected chi connectivity index (χ4v) is 5.62. The number of hydrogen-bond acceptors (Lipinski definition) is 6. The molecule has 0 saturated carbocycles. The molecule has 4 aromatic rings. The van der Waals surface area contributed by atoms with Gasteiger partial charge in [-0.3, -0.25) is 9.20 Å². The molecule has 1 saturated heterocycles. The van der Waals surface area contributed by atoms with Crippen LogP contribution in [0.2, 0.25) is 0 Å². The minimum Gasteiger partial charge on any atom is -0.481 e. The number of nitrogens with zero attached hydrogens (tertiary/aromatic N) is 4. The number of unbranched alkanes of at least 4 members (excludes halogenated alkanes) is 1. The molecule has 1 aliphatic rings. The van der Waals surface area contributed by atoms with Gasteiger partial charge >= 0.3 is 5.97 Å². The molecule has 0 bridgehead atoms. The maximum atomic E-state index is 10.8. The van der Waals surface area contributed by atoms with Crippen LogP contribution in [0.15, 0.2) is 64.4 Å². The predicted molar refractivity (Wildman–Crippen MR) is 134 cm³/mol. The maximum absolute atomic E-state index is 10.8. The molecule has 0 spiro atoms. The van der Waals surface area contributed by atoms with E-state index in [9.17, 15) is 10.1 Å². The van der Waals surface area contributed by atoms with Crippen LogP contribution in [0.4, 0.5) is 0 Å². The number of pyridine rings is 1. The van der Waals surface area contributed by atoms with Crippen molar-refractivity contribution in [2.45, 2.75) is 53.7 Å². The summed E-state index contributed by atoms with van der Waals surface area (Å²) in [5.74, 6) is 0.0787. The third-order valence-electron chi connectivity index (χ3n) is 6.63. The lowest BCUT2D eigenvalue weighted by Crippen LogP contribution is -2.32. The SMILES string of the molecule is N#CC1(c2cccc(Sc3ccc4c(ccc5nnc(CCCCC(=O)O)n54)c3)c2)CCOCC1. The highest BCUT2D eigenvalue weighted by molar-refractivity contribution is 7.99. The van der Waals surface area contributed by atoms with E-state index in [-0.39, 0.29) is 6.42 Å². The van der Waals surface area contributed by atoms with Crippen molar-refractivity contribution in [1.82, 2.24) is 14.6 Å². The Hall–Kier alpha value is -3.41. The first kappa shape index (κ1) is 23.3. The van der Waals surface area contributed by atoms with Crippen molar-refractivity contribution < 1.29 is 14.6 Å². The van der Waals surface area contributed by atoms with E-state index in [1.807, 2.05) is 12.1 Å². The molecule has 0 unspecified atom stereocenters. The van der Waals surface area contributed by atoms with Crippen molar-refractivity contribution in [1.29, 1.82) is 5.26 Å². The molecule has 8 heteroatoms. The summed E-state index contributed by atoms with van der Waals surface area (Å²) in [5.41, 5.74) is 2.41. The van der Waals surface area contributed by atoms with E-state index in [1.54, 1.807) is 11.8 Å². The highest BCUT2D eigenvalue weighted by Crippen LogP contribution is 2.38.